The third-order valence-corrected chi connectivity index (χ3v) is 12.4. The standard InChI is InChI=1S/C41H54N6O9S/c1-7-24-18-41(24,37(51)52)46-35(49)32-16-27(19-47(32)36(50)34(40(4,5)6)45-39(53)56-26-13-22-12-23(22)14-26)55-33-17-30(31-20-57-38(44-31)42-21(2)3)43-29-15-25(54-11-10-48)8-9-28(29)33/h8-9,15,17,20-24,26-27,32,34,48H,7,10-14,16,18-19H2,1-6H3,(H,42,44)(H,45,53)(H,46,49)(H,51,52)/t22-,23+,24-,26?,27-,32+,34?,41-/m1/s1. The van der Waals surface area contributed by atoms with Crippen LogP contribution in [0, 0.1) is 23.2 Å². The van der Waals surface area contributed by atoms with Crippen LogP contribution in [0.4, 0.5) is 9.93 Å². The van der Waals surface area contributed by atoms with E-state index in [9.17, 15) is 29.4 Å². The number of nitrogens with zero attached hydrogens (tertiary/aromatic N) is 3. The fourth-order valence-corrected chi connectivity index (χ4v) is 9.24. The van der Waals surface area contributed by atoms with E-state index in [0.29, 0.717) is 58.5 Å². The Morgan fingerprint density at radius 2 is 1.79 bits per heavy atom. The quantitative estimate of drug-likeness (QED) is 0.135. The van der Waals surface area contributed by atoms with Crippen LogP contribution in [-0.2, 0) is 19.1 Å². The smallest absolute Gasteiger partial charge is 0.408 e. The number of hydrogen-bond donors (Lipinski definition) is 5. The number of hydrogen-bond acceptors (Lipinski definition) is 12. The maximum atomic E-state index is 14.7. The molecular formula is C41H54N6O9S. The molecule has 1 saturated heterocycles. The summed E-state index contributed by atoms with van der Waals surface area (Å²) in [6.07, 6.45) is 2.18. The molecule has 15 nitrogen and oxygen atoms in total. The molecule has 3 heterocycles. The SMILES string of the molecule is CC[C@@H]1C[C@]1(NC(=O)[C@@H]1C[C@@H](Oc2cc(-c3csc(NC(C)C)n3)nc3cc(OCCO)ccc23)CN1C(=O)C(NC(=O)OC1C[C@@H]2C[C@@H]2C1)C(C)(C)C)C(=O)O. The summed E-state index contributed by atoms with van der Waals surface area (Å²) in [6, 6.07) is 5.11. The second-order valence-electron chi connectivity index (χ2n) is 17.3. The van der Waals surface area contributed by atoms with Crippen molar-refractivity contribution in [1.82, 2.24) is 25.5 Å². The first-order valence-electron chi connectivity index (χ1n) is 20.0. The van der Waals surface area contributed by atoms with Crippen LogP contribution in [0.1, 0.15) is 80.1 Å². The van der Waals surface area contributed by atoms with E-state index in [-0.39, 0.29) is 44.2 Å². The minimum atomic E-state index is -1.41. The van der Waals surface area contributed by atoms with E-state index in [4.69, 9.17) is 24.2 Å². The molecule has 3 aliphatic carbocycles. The van der Waals surface area contributed by atoms with Crippen LogP contribution in [0.5, 0.6) is 11.5 Å². The van der Waals surface area contributed by atoms with Crippen LogP contribution >= 0.6 is 11.3 Å². The normalized spacial score (nSPS) is 26.8. The van der Waals surface area contributed by atoms with Gasteiger partial charge in [-0.05, 0) is 74.8 Å². The van der Waals surface area contributed by atoms with Gasteiger partial charge in [-0.1, -0.05) is 34.1 Å². The third-order valence-electron chi connectivity index (χ3n) is 11.6. The first-order valence-corrected chi connectivity index (χ1v) is 20.9. The number of pyridine rings is 1. The average molecular weight is 807 g/mol. The molecule has 1 aromatic carbocycles. The number of carboxylic acid groups (broad SMARTS) is 1. The summed E-state index contributed by atoms with van der Waals surface area (Å²) in [5.41, 5.74) is -0.490. The monoisotopic (exact) mass is 806 g/mol. The topological polar surface area (TPSA) is 202 Å². The Morgan fingerprint density at radius 1 is 1.04 bits per heavy atom. The van der Waals surface area contributed by atoms with Gasteiger partial charge in [0.05, 0.1) is 24.4 Å². The van der Waals surface area contributed by atoms with Crippen molar-refractivity contribution in [3.05, 3.63) is 29.6 Å². The number of rotatable bonds is 15. The largest absolute Gasteiger partial charge is 0.491 e. The maximum Gasteiger partial charge on any atom is 0.408 e. The van der Waals surface area contributed by atoms with Gasteiger partial charge in [-0.25, -0.2) is 19.6 Å². The first-order chi connectivity index (χ1) is 27.1. The zero-order valence-corrected chi connectivity index (χ0v) is 34.2. The molecule has 7 rings (SSSR count). The second kappa shape index (κ2) is 15.9. The molecular weight excluding hydrogens is 753 g/mol. The maximum absolute atomic E-state index is 14.7. The van der Waals surface area contributed by atoms with Gasteiger partial charge in [0.1, 0.15) is 53.6 Å². The van der Waals surface area contributed by atoms with Crippen LogP contribution < -0.4 is 25.4 Å². The average Bonchev–Trinajstić information content (AvgIpc) is 3.82. The minimum Gasteiger partial charge on any atom is -0.491 e. The number of aliphatic carboxylic acids is 1. The number of aromatic nitrogens is 2. The van der Waals surface area contributed by atoms with Crippen LogP contribution in [0.25, 0.3) is 22.3 Å². The molecule has 2 unspecified atom stereocenters. The summed E-state index contributed by atoms with van der Waals surface area (Å²) < 4.78 is 18.2. The molecule has 4 aliphatic rings. The van der Waals surface area contributed by atoms with Gasteiger partial charge in [-0.15, -0.1) is 11.3 Å². The number of benzene rings is 1. The summed E-state index contributed by atoms with van der Waals surface area (Å²) in [7, 11) is 0. The Hall–Kier alpha value is -4.70. The van der Waals surface area contributed by atoms with E-state index in [1.54, 1.807) is 24.3 Å². The van der Waals surface area contributed by atoms with Crippen molar-refractivity contribution < 1.29 is 43.6 Å². The number of alkyl carbamates (subject to hydrolysis) is 1. The van der Waals surface area contributed by atoms with Crippen LogP contribution in [0.2, 0.25) is 0 Å². The highest BCUT2D eigenvalue weighted by molar-refractivity contribution is 7.14. The molecule has 0 bridgehead atoms. The van der Waals surface area contributed by atoms with E-state index in [1.807, 2.05) is 46.9 Å². The number of carbonyl (C=O) groups is 4. The lowest BCUT2D eigenvalue weighted by molar-refractivity contribution is -0.146. The van der Waals surface area contributed by atoms with E-state index in [0.717, 1.165) is 18.0 Å². The number of anilines is 1. The summed E-state index contributed by atoms with van der Waals surface area (Å²) in [5, 5.41) is 31.7. The number of nitrogens with one attached hydrogen (secondary N) is 3. The van der Waals surface area contributed by atoms with Gasteiger partial charge >= 0.3 is 12.1 Å². The van der Waals surface area contributed by atoms with Crippen molar-refractivity contribution in [2.24, 2.45) is 23.2 Å². The van der Waals surface area contributed by atoms with Crippen molar-refractivity contribution in [1.29, 1.82) is 0 Å². The van der Waals surface area contributed by atoms with Crippen LogP contribution in [-0.4, -0.2) is 105 Å². The summed E-state index contributed by atoms with van der Waals surface area (Å²) in [5.74, 6) is -0.277. The third kappa shape index (κ3) is 8.76. The van der Waals surface area contributed by atoms with E-state index in [2.05, 4.69) is 16.0 Å². The van der Waals surface area contributed by atoms with Gasteiger partial charge in [-0.2, -0.15) is 0 Å². The zero-order valence-electron chi connectivity index (χ0n) is 33.4. The highest BCUT2D eigenvalue weighted by Gasteiger charge is 2.61. The minimum absolute atomic E-state index is 0.0144. The molecule has 308 valence electrons. The number of aliphatic hydroxyl groups excluding tert-OH is 1. The number of amides is 3. The Labute approximate surface area is 336 Å². The molecule has 8 atom stereocenters. The fraction of sp³-hybridized carbons (Fsp3) is 0.610. The molecule has 3 aromatic rings. The highest BCUT2D eigenvalue weighted by Crippen LogP contribution is 2.52. The van der Waals surface area contributed by atoms with Gasteiger partial charge in [0.2, 0.25) is 11.8 Å². The Bertz CT molecular complexity index is 2010. The molecule has 0 radical (unpaired) electrons. The van der Waals surface area contributed by atoms with Crippen LogP contribution in [0.3, 0.4) is 0 Å². The second-order valence-corrected chi connectivity index (χ2v) is 18.2. The zero-order chi connectivity index (χ0) is 40.8. The van der Waals surface area contributed by atoms with Gasteiger partial charge in [0.25, 0.3) is 0 Å². The van der Waals surface area contributed by atoms with Crippen molar-refractivity contribution in [2.75, 3.05) is 25.1 Å². The Morgan fingerprint density at radius 3 is 2.44 bits per heavy atom. The predicted octanol–water partition coefficient (Wildman–Crippen LogP) is 5.21. The molecule has 2 aromatic heterocycles. The molecule has 16 heteroatoms. The summed E-state index contributed by atoms with van der Waals surface area (Å²) in [4.78, 5) is 65.6. The molecule has 4 fully saturated rings. The summed E-state index contributed by atoms with van der Waals surface area (Å²) >= 11 is 1.45. The number of carbonyl (C=O) groups excluding carboxylic acids is 3. The molecule has 57 heavy (non-hydrogen) atoms. The summed E-state index contributed by atoms with van der Waals surface area (Å²) in [6.45, 7) is 11.4. The van der Waals surface area contributed by atoms with Gasteiger partial charge in [-0.3, -0.25) is 9.59 Å². The molecule has 0 spiro atoms. The fourth-order valence-electron chi connectivity index (χ4n) is 8.38. The van der Waals surface area contributed by atoms with Crippen molar-refractivity contribution in [3.63, 3.8) is 0 Å². The Kier molecular flexibility index (Phi) is 11.3. The molecule has 1 aliphatic heterocycles. The van der Waals surface area contributed by atoms with Crippen molar-refractivity contribution in [2.45, 2.75) is 116 Å². The van der Waals surface area contributed by atoms with Crippen LogP contribution in [0.15, 0.2) is 29.6 Å². The van der Waals surface area contributed by atoms with E-state index < -0.39 is 53.0 Å². The lowest BCUT2D eigenvalue weighted by Gasteiger charge is -2.35. The Balaban J connectivity index is 1.19. The highest BCUT2D eigenvalue weighted by atomic mass is 32.1. The van der Waals surface area contributed by atoms with E-state index in [1.165, 1.54) is 22.7 Å². The lowest BCUT2D eigenvalue weighted by atomic mass is 9.85. The number of aliphatic hydroxyl groups is 1. The number of likely N-dealkylation sites (tertiary alicyclic amines) is 1. The predicted molar refractivity (Wildman–Crippen MR) is 213 cm³/mol. The molecule has 3 saturated carbocycles. The molecule has 3 amide bonds. The number of ether oxygens (including phenoxy) is 3. The molecule has 5 N–H and O–H groups in total. The lowest BCUT2D eigenvalue weighted by Crippen LogP contribution is -2.59. The van der Waals surface area contributed by atoms with Gasteiger partial charge < -0.3 is 45.3 Å². The number of fused-ring (bicyclic) bond motifs is 2. The van der Waals surface area contributed by atoms with Gasteiger partial charge in [0.15, 0.2) is 5.13 Å². The van der Waals surface area contributed by atoms with E-state index >= 15 is 0 Å². The van der Waals surface area contributed by atoms with Crippen molar-refractivity contribution in [3.8, 4) is 22.9 Å². The van der Waals surface area contributed by atoms with Crippen molar-refractivity contribution >= 4 is 51.2 Å². The number of thiazole rings is 1. The van der Waals surface area contributed by atoms with Gasteiger partial charge in [0, 0.05) is 35.4 Å². The number of carboxylic acids is 1. The first kappa shape index (κ1) is 40.5.